The van der Waals surface area contributed by atoms with Crippen LogP contribution in [0.3, 0.4) is 0 Å². The van der Waals surface area contributed by atoms with Gasteiger partial charge in [0.1, 0.15) is 19.3 Å². The molecular formula is C61H111N8+5. The lowest BCUT2D eigenvalue weighted by atomic mass is 9.88. The number of nitrogens with two attached hydrogens (primary N) is 3. The largest absolute Gasteiger partial charge is 0.325 e. The Hall–Kier alpha value is -3.85. The molecule has 5 rings (SSSR count). The van der Waals surface area contributed by atoms with Crippen LogP contribution in [-0.2, 0) is 38.9 Å². The number of rotatable bonds is 15. The Morgan fingerprint density at radius 1 is 0.493 bits per heavy atom. The minimum absolute atomic E-state index is 0. The van der Waals surface area contributed by atoms with Crippen molar-refractivity contribution in [1.82, 2.24) is 0 Å². The van der Waals surface area contributed by atoms with Gasteiger partial charge in [0.05, 0.1) is 32.5 Å². The molecule has 0 spiro atoms. The monoisotopic (exact) mass is 956 g/mol. The van der Waals surface area contributed by atoms with Gasteiger partial charge in [-0.15, -0.1) is 0 Å². The molecule has 0 atom stereocenters. The van der Waals surface area contributed by atoms with Gasteiger partial charge in [-0.3, -0.25) is 0 Å². The summed E-state index contributed by atoms with van der Waals surface area (Å²) in [5.41, 5.74) is 25.8. The normalized spacial score (nSPS) is 13.6. The quantitative estimate of drug-likeness (QED) is 0.132. The Balaban J connectivity index is 0.000000835. The first-order chi connectivity index (χ1) is 31.6. The van der Waals surface area contributed by atoms with E-state index in [2.05, 4.69) is 239 Å². The predicted molar refractivity (Wildman–Crippen MR) is 300 cm³/mol. The van der Waals surface area contributed by atoms with E-state index in [-0.39, 0.29) is 7.43 Å². The lowest BCUT2D eigenvalue weighted by Gasteiger charge is -2.17. The highest BCUT2D eigenvalue weighted by Crippen LogP contribution is 2.27. The van der Waals surface area contributed by atoms with Crippen LogP contribution in [0.15, 0.2) is 97.5 Å². The van der Waals surface area contributed by atoms with Gasteiger partial charge < -0.3 is 17.2 Å². The molecule has 8 nitrogen and oxygen atoms in total. The summed E-state index contributed by atoms with van der Waals surface area (Å²) in [7, 11) is 0. The van der Waals surface area contributed by atoms with Crippen molar-refractivity contribution in [2.24, 2.45) is 44.3 Å². The fraction of sp³-hybridized carbons (Fsp3) is 0.656. The highest BCUT2D eigenvalue weighted by atomic mass is 15.0. The molecular weight excluding hydrogens is 845 g/mol. The van der Waals surface area contributed by atoms with Crippen molar-refractivity contribution in [3.63, 3.8) is 0 Å². The van der Waals surface area contributed by atoms with Crippen molar-refractivity contribution < 1.29 is 22.9 Å². The molecule has 2 aliphatic rings. The van der Waals surface area contributed by atoms with Crippen LogP contribution in [0.4, 0.5) is 0 Å². The van der Waals surface area contributed by atoms with E-state index in [9.17, 15) is 0 Å². The van der Waals surface area contributed by atoms with Crippen molar-refractivity contribution >= 4 is 11.9 Å². The van der Waals surface area contributed by atoms with Gasteiger partial charge in [0.15, 0.2) is 74.4 Å². The molecule has 0 amide bonds. The molecule has 0 fully saturated rings. The molecule has 6 N–H and O–H groups in total. The Kier molecular flexibility index (Phi) is 30.4. The van der Waals surface area contributed by atoms with Crippen molar-refractivity contribution in [3.05, 3.63) is 114 Å². The van der Waals surface area contributed by atoms with Gasteiger partial charge in [0, 0.05) is 67.2 Å². The third-order valence-electron chi connectivity index (χ3n) is 10.7. The van der Waals surface area contributed by atoms with E-state index in [1.54, 1.807) is 5.57 Å². The second-order valence-electron chi connectivity index (χ2n) is 25.1. The summed E-state index contributed by atoms with van der Waals surface area (Å²) in [5.74, 6) is 0. The molecule has 0 radical (unpaired) electrons. The highest BCUT2D eigenvalue weighted by Gasteiger charge is 2.24. The van der Waals surface area contributed by atoms with Crippen molar-refractivity contribution in [2.75, 3.05) is 32.7 Å². The Morgan fingerprint density at radius 3 is 1.57 bits per heavy atom. The average molecular weight is 957 g/mol. The summed E-state index contributed by atoms with van der Waals surface area (Å²) < 4.78 is 11.3. The molecule has 0 saturated heterocycles. The molecule has 3 aromatic heterocycles. The standard InChI is InChI=1S/C13H22N.2C12H21N2.C12H22N.C11H21N2.CH4/c1-5-8-14-9-6-12(7-10-14)11-13(2,3)4;1-12(2,3)9-11-5-4-7-14(10-11)8-6-13;1-12(2,3)10-11-6-4-5-8-14(11)9-7-13;1-5-7-13-8-6-11(10-13)9-12(2,3)4;1-11(2,3)9-10-5-4-7-13(10)8-6-12;/h6-7,9-10H,5,8,11H2,1-4H3;4-5,7,10H,6,8-9,13H2,1-3H3;4-6,8H,7,9-10,13H2,1-3H3;8,10H,5-7,9H2,1-4H3;4,7H,5-6,8-9,12H2,1-3H3;1H4/q5*+1;. The van der Waals surface area contributed by atoms with Gasteiger partial charge >= 0.3 is 0 Å². The Labute approximate surface area is 426 Å². The second kappa shape index (κ2) is 32.2. The molecule has 0 aromatic carbocycles. The van der Waals surface area contributed by atoms with Gasteiger partial charge in [-0.05, 0) is 64.0 Å². The van der Waals surface area contributed by atoms with Crippen molar-refractivity contribution in [2.45, 2.75) is 203 Å². The van der Waals surface area contributed by atoms with E-state index in [0.717, 1.165) is 64.8 Å². The van der Waals surface area contributed by atoms with Crippen LogP contribution in [0.1, 0.15) is 180 Å². The summed E-state index contributed by atoms with van der Waals surface area (Å²) in [4.78, 5) is 0. The molecule has 0 unspecified atom stereocenters. The summed E-state index contributed by atoms with van der Waals surface area (Å²) in [6.07, 6.45) is 30.2. The molecule has 390 valence electrons. The molecule has 5 heterocycles. The number of hydrogen-bond acceptors (Lipinski definition) is 3. The maximum absolute atomic E-state index is 5.57. The maximum Gasteiger partial charge on any atom is 0.181 e. The van der Waals surface area contributed by atoms with Crippen LogP contribution < -0.4 is 30.9 Å². The van der Waals surface area contributed by atoms with Crippen LogP contribution in [0.25, 0.3) is 0 Å². The minimum atomic E-state index is 0. The highest BCUT2D eigenvalue weighted by molar-refractivity contribution is 5.83. The SMILES string of the molecule is C.CC(C)(C)CC1=[N+](CCN)C=CC1.CC(C)(C)Cc1ccc[n+](CCN)c1.CC(C)(C)Cc1cccc[n+]1CCN.CCC[N+]1=CCC(CC(C)(C)C)=C1.CCC[n+]1ccc(CC(C)(C)C)cc1. The first-order valence-corrected chi connectivity index (χ1v) is 26.2. The smallest absolute Gasteiger partial charge is 0.181 e. The molecule has 69 heavy (non-hydrogen) atoms. The van der Waals surface area contributed by atoms with Crippen LogP contribution in [0.5, 0.6) is 0 Å². The molecule has 0 saturated carbocycles. The van der Waals surface area contributed by atoms with E-state index >= 15 is 0 Å². The van der Waals surface area contributed by atoms with Crippen molar-refractivity contribution in [1.29, 1.82) is 0 Å². The predicted octanol–water partition coefficient (Wildman–Crippen LogP) is 11.6. The molecule has 8 heteroatoms. The van der Waals surface area contributed by atoms with E-state index in [4.69, 9.17) is 17.2 Å². The second-order valence-corrected chi connectivity index (χ2v) is 25.1. The van der Waals surface area contributed by atoms with Crippen LogP contribution in [0, 0.1) is 27.1 Å². The first kappa shape index (κ1) is 65.1. The fourth-order valence-electron chi connectivity index (χ4n) is 8.26. The lowest BCUT2D eigenvalue weighted by molar-refractivity contribution is -0.702. The molecule has 2 aliphatic heterocycles. The van der Waals surface area contributed by atoms with E-state index in [0.29, 0.717) is 40.2 Å². The zero-order chi connectivity index (χ0) is 51.6. The zero-order valence-corrected chi connectivity index (χ0v) is 47.2. The van der Waals surface area contributed by atoms with Crippen LogP contribution in [0.2, 0.25) is 0 Å². The lowest BCUT2D eigenvalue weighted by Crippen LogP contribution is -2.42. The van der Waals surface area contributed by atoms with Gasteiger partial charge in [-0.25, -0.2) is 22.9 Å². The topological polar surface area (TPSA) is 95.7 Å². The third-order valence-corrected chi connectivity index (χ3v) is 10.7. The minimum Gasteiger partial charge on any atom is -0.325 e. The Morgan fingerprint density at radius 2 is 1.04 bits per heavy atom. The molecule has 0 aliphatic carbocycles. The number of pyridine rings is 3. The Bertz CT molecular complexity index is 1970. The van der Waals surface area contributed by atoms with Gasteiger partial charge in [0.2, 0.25) is 0 Å². The summed E-state index contributed by atoms with van der Waals surface area (Å²) in [6, 6.07) is 15.1. The van der Waals surface area contributed by atoms with Crippen molar-refractivity contribution in [3.8, 4) is 0 Å². The number of aromatic nitrogens is 3. The van der Waals surface area contributed by atoms with E-state index in [1.165, 1.54) is 54.8 Å². The molecule has 0 bridgehead atoms. The first-order valence-electron chi connectivity index (χ1n) is 26.2. The fourth-order valence-corrected chi connectivity index (χ4v) is 8.26. The van der Waals surface area contributed by atoms with E-state index < -0.39 is 0 Å². The van der Waals surface area contributed by atoms with E-state index in [1.807, 2.05) is 0 Å². The summed E-state index contributed by atoms with van der Waals surface area (Å²) in [5, 5.41) is 0. The van der Waals surface area contributed by atoms with Crippen LogP contribution in [-0.4, -0.2) is 53.8 Å². The maximum atomic E-state index is 5.57. The summed E-state index contributed by atoms with van der Waals surface area (Å²) >= 11 is 0. The zero-order valence-electron chi connectivity index (χ0n) is 47.2. The van der Waals surface area contributed by atoms with Crippen LogP contribution >= 0.6 is 0 Å². The van der Waals surface area contributed by atoms with Gasteiger partial charge in [-0.2, -0.15) is 0 Å². The third kappa shape index (κ3) is 33.4. The number of allylic oxidation sites excluding steroid dienone is 2. The number of aryl methyl sites for hydroxylation is 1. The summed E-state index contributed by atoms with van der Waals surface area (Å²) in [6.45, 7) is 45.7. The molecule has 3 aromatic rings. The van der Waals surface area contributed by atoms with Gasteiger partial charge in [0.25, 0.3) is 0 Å². The average Bonchev–Trinajstić information content (AvgIpc) is 3.83. The van der Waals surface area contributed by atoms with Gasteiger partial charge in [-0.1, -0.05) is 131 Å². The number of hydrogen-bond donors (Lipinski definition) is 3. The number of nitrogens with zero attached hydrogens (tertiary/aromatic N) is 5.